The fraction of sp³-hybridized carbons (Fsp3) is 0.391. The molecular weight excluding hydrogens is 398 g/mol. The molecule has 8 heteroatoms. The molecule has 2 aromatic carbocycles. The van der Waals surface area contributed by atoms with Crippen LogP contribution in [-0.4, -0.2) is 68.3 Å². The molecule has 1 fully saturated rings. The number of methoxy groups -OCH3 is 1. The van der Waals surface area contributed by atoms with Gasteiger partial charge in [-0.15, -0.1) is 0 Å². The Kier molecular flexibility index (Phi) is 5.48. The first-order valence-corrected chi connectivity index (χ1v) is 10.4. The smallest absolute Gasteiger partial charge is 0.257 e. The first kappa shape index (κ1) is 19.8. The van der Waals surface area contributed by atoms with Crippen molar-refractivity contribution in [1.82, 2.24) is 9.91 Å². The highest BCUT2D eigenvalue weighted by Crippen LogP contribution is 2.39. The van der Waals surface area contributed by atoms with Gasteiger partial charge in [0, 0.05) is 19.5 Å². The molecule has 3 aliphatic heterocycles. The topological polar surface area (TPSA) is 72.8 Å². The summed E-state index contributed by atoms with van der Waals surface area (Å²) < 4.78 is 21.7. The van der Waals surface area contributed by atoms with Crippen LogP contribution in [-0.2, 0) is 9.53 Å². The molecule has 1 atom stereocenters. The van der Waals surface area contributed by atoms with Crippen molar-refractivity contribution < 1.29 is 23.7 Å². The highest BCUT2D eigenvalue weighted by atomic mass is 16.7. The molecule has 2 aromatic rings. The van der Waals surface area contributed by atoms with Gasteiger partial charge >= 0.3 is 0 Å². The third kappa shape index (κ3) is 4.08. The van der Waals surface area contributed by atoms with Gasteiger partial charge in [-0.1, -0.05) is 6.07 Å². The zero-order valence-corrected chi connectivity index (χ0v) is 17.5. The van der Waals surface area contributed by atoms with Crippen LogP contribution in [0.4, 0.5) is 0 Å². The maximum absolute atomic E-state index is 13.3. The zero-order chi connectivity index (χ0) is 21.2. The van der Waals surface area contributed by atoms with E-state index in [1.54, 1.807) is 12.1 Å². The average Bonchev–Trinajstić information content (AvgIpc) is 3.47. The van der Waals surface area contributed by atoms with Crippen molar-refractivity contribution in [3.63, 3.8) is 0 Å². The second-order valence-corrected chi connectivity index (χ2v) is 7.73. The number of carbonyl (C=O) groups is 1. The quantitative estimate of drug-likeness (QED) is 0.736. The highest BCUT2D eigenvalue weighted by Gasteiger charge is 2.34. The lowest BCUT2D eigenvalue weighted by Gasteiger charge is -2.29. The number of carbonyl (C=O) groups excluding carboxylic acids is 1. The number of hydrogen-bond donors (Lipinski definition) is 0. The summed E-state index contributed by atoms with van der Waals surface area (Å²) in [7, 11) is 1.64. The van der Waals surface area contributed by atoms with E-state index >= 15 is 0 Å². The van der Waals surface area contributed by atoms with Gasteiger partial charge in [-0.25, -0.2) is 5.01 Å². The molecule has 0 radical (unpaired) electrons. The molecule has 162 valence electrons. The van der Waals surface area contributed by atoms with Gasteiger partial charge in [-0.05, 0) is 47.5 Å². The molecule has 0 aliphatic carbocycles. The van der Waals surface area contributed by atoms with Crippen molar-refractivity contribution >= 4 is 11.6 Å². The number of amides is 1. The van der Waals surface area contributed by atoms with Gasteiger partial charge in [-0.3, -0.25) is 9.69 Å². The first-order chi connectivity index (χ1) is 15.2. The second-order valence-electron chi connectivity index (χ2n) is 7.73. The third-order valence-corrected chi connectivity index (χ3v) is 5.83. The van der Waals surface area contributed by atoms with Crippen molar-refractivity contribution in [3.8, 4) is 17.2 Å². The van der Waals surface area contributed by atoms with Crippen molar-refractivity contribution in [2.75, 3.05) is 46.8 Å². The summed E-state index contributed by atoms with van der Waals surface area (Å²) >= 11 is 0. The number of fused-ring (bicyclic) bond motifs is 1. The molecule has 0 aromatic heterocycles. The van der Waals surface area contributed by atoms with Crippen LogP contribution in [0.1, 0.15) is 23.6 Å². The number of nitrogens with zero attached hydrogens (tertiary/aromatic N) is 3. The SMILES string of the molecule is COc1ccc(C2=NN(C(=O)CN3CCOCC3)C(c3ccc4c(c3)OCO4)C2)cc1. The summed E-state index contributed by atoms with van der Waals surface area (Å²) in [5.74, 6) is 2.20. The Morgan fingerprint density at radius 2 is 1.87 bits per heavy atom. The van der Waals surface area contributed by atoms with E-state index in [0.29, 0.717) is 31.9 Å². The number of hydrogen-bond acceptors (Lipinski definition) is 7. The molecule has 8 nitrogen and oxygen atoms in total. The molecule has 3 aliphatic rings. The second kappa shape index (κ2) is 8.56. The highest BCUT2D eigenvalue weighted by molar-refractivity contribution is 6.03. The lowest BCUT2D eigenvalue weighted by Crippen LogP contribution is -2.43. The molecule has 3 heterocycles. The zero-order valence-electron chi connectivity index (χ0n) is 17.5. The van der Waals surface area contributed by atoms with E-state index in [2.05, 4.69) is 4.90 Å². The van der Waals surface area contributed by atoms with Gasteiger partial charge < -0.3 is 18.9 Å². The Hall–Kier alpha value is -3.10. The summed E-state index contributed by atoms with van der Waals surface area (Å²) in [5, 5.41) is 6.39. The van der Waals surface area contributed by atoms with E-state index in [9.17, 15) is 4.79 Å². The lowest BCUT2D eigenvalue weighted by atomic mass is 9.98. The monoisotopic (exact) mass is 423 g/mol. The van der Waals surface area contributed by atoms with Crippen LogP contribution in [0.15, 0.2) is 47.6 Å². The van der Waals surface area contributed by atoms with E-state index in [0.717, 1.165) is 41.4 Å². The van der Waals surface area contributed by atoms with Crippen LogP contribution in [0.25, 0.3) is 0 Å². The minimum atomic E-state index is -0.194. The number of hydrazone groups is 1. The molecule has 0 saturated carbocycles. The minimum absolute atomic E-state index is 0.0203. The molecule has 1 saturated heterocycles. The fourth-order valence-corrected chi connectivity index (χ4v) is 4.10. The van der Waals surface area contributed by atoms with Crippen LogP contribution < -0.4 is 14.2 Å². The Labute approximate surface area is 180 Å². The summed E-state index contributed by atoms with van der Waals surface area (Å²) in [5.41, 5.74) is 2.83. The summed E-state index contributed by atoms with van der Waals surface area (Å²) in [4.78, 5) is 15.4. The van der Waals surface area contributed by atoms with Crippen molar-refractivity contribution in [2.24, 2.45) is 5.10 Å². The largest absolute Gasteiger partial charge is 0.497 e. The van der Waals surface area contributed by atoms with Crippen LogP contribution in [0, 0.1) is 0 Å². The van der Waals surface area contributed by atoms with Gasteiger partial charge in [0.15, 0.2) is 11.5 Å². The Bertz CT molecular complexity index is 985. The van der Waals surface area contributed by atoms with E-state index < -0.39 is 0 Å². The third-order valence-electron chi connectivity index (χ3n) is 5.83. The van der Waals surface area contributed by atoms with Crippen molar-refractivity contribution in [1.29, 1.82) is 0 Å². The van der Waals surface area contributed by atoms with Gasteiger partial charge in [0.2, 0.25) is 6.79 Å². The predicted molar refractivity (Wildman–Crippen MR) is 114 cm³/mol. The van der Waals surface area contributed by atoms with Crippen LogP contribution in [0.3, 0.4) is 0 Å². The number of morpholine rings is 1. The molecular formula is C23H25N3O5. The standard InChI is InChI=1S/C23H25N3O5/c1-28-18-5-2-16(3-6-18)19-13-20(17-4-7-21-22(12-17)31-15-30-21)26(24-19)23(27)14-25-8-10-29-11-9-25/h2-7,12,20H,8-11,13-15H2,1H3. The number of rotatable bonds is 5. The molecule has 1 amide bonds. The minimum Gasteiger partial charge on any atom is -0.497 e. The van der Waals surface area contributed by atoms with Crippen LogP contribution >= 0.6 is 0 Å². The molecule has 31 heavy (non-hydrogen) atoms. The summed E-state index contributed by atoms with van der Waals surface area (Å²) in [6, 6.07) is 13.4. The Morgan fingerprint density at radius 3 is 2.65 bits per heavy atom. The molecule has 0 N–H and O–H groups in total. The first-order valence-electron chi connectivity index (χ1n) is 10.4. The summed E-state index contributed by atoms with van der Waals surface area (Å²) in [6.07, 6.45) is 0.626. The number of ether oxygens (including phenoxy) is 4. The average molecular weight is 423 g/mol. The number of benzene rings is 2. The van der Waals surface area contributed by atoms with E-state index in [-0.39, 0.29) is 18.7 Å². The molecule has 1 unspecified atom stereocenters. The van der Waals surface area contributed by atoms with E-state index in [1.165, 1.54) is 0 Å². The van der Waals surface area contributed by atoms with Crippen LogP contribution in [0.2, 0.25) is 0 Å². The van der Waals surface area contributed by atoms with E-state index in [4.69, 9.17) is 24.0 Å². The van der Waals surface area contributed by atoms with Gasteiger partial charge in [0.1, 0.15) is 5.75 Å². The Balaban J connectivity index is 1.42. The van der Waals surface area contributed by atoms with Gasteiger partial charge in [0.05, 0.1) is 38.6 Å². The van der Waals surface area contributed by atoms with Crippen LogP contribution in [0.5, 0.6) is 17.2 Å². The molecule has 0 bridgehead atoms. The van der Waals surface area contributed by atoms with Gasteiger partial charge in [-0.2, -0.15) is 5.10 Å². The predicted octanol–water partition coefficient (Wildman–Crippen LogP) is 2.43. The fourth-order valence-electron chi connectivity index (χ4n) is 4.10. The van der Waals surface area contributed by atoms with Crippen molar-refractivity contribution in [3.05, 3.63) is 53.6 Å². The normalized spacial score (nSPS) is 20.6. The van der Waals surface area contributed by atoms with Gasteiger partial charge in [0.25, 0.3) is 5.91 Å². The summed E-state index contributed by atoms with van der Waals surface area (Å²) in [6.45, 7) is 3.35. The maximum atomic E-state index is 13.3. The molecule has 5 rings (SSSR count). The van der Waals surface area contributed by atoms with E-state index in [1.807, 2.05) is 42.5 Å². The molecule has 0 spiro atoms. The lowest BCUT2D eigenvalue weighted by molar-refractivity contribution is -0.135. The van der Waals surface area contributed by atoms with Crippen molar-refractivity contribution in [2.45, 2.75) is 12.5 Å². The maximum Gasteiger partial charge on any atom is 0.257 e. The Morgan fingerprint density at radius 1 is 1.10 bits per heavy atom.